The van der Waals surface area contributed by atoms with E-state index in [4.69, 9.17) is 4.74 Å². The maximum Gasteiger partial charge on any atom is 0.244 e. The van der Waals surface area contributed by atoms with Crippen molar-refractivity contribution < 1.29 is 22.3 Å². The Balaban J connectivity index is 1.35. The fourth-order valence-electron chi connectivity index (χ4n) is 3.85. The molecule has 1 aliphatic heterocycles. The van der Waals surface area contributed by atoms with Crippen molar-refractivity contribution >= 4 is 15.7 Å². The van der Waals surface area contributed by atoms with Gasteiger partial charge in [-0.05, 0) is 54.8 Å². The van der Waals surface area contributed by atoms with Gasteiger partial charge in [0.1, 0.15) is 18.1 Å². The normalized spacial score (nSPS) is 15.0. The van der Waals surface area contributed by atoms with Crippen molar-refractivity contribution in [3.63, 3.8) is 0 Å². The van der Waals surface area contributed by atoms with Crippen LogP contribution in [0.5, 0.6) is 5.75 Å². The van der Waals surface area contributed by atoms with E-state index < -0.39 is 15.1 Å². The van der Waals surface area contributed by atoms with Gasteiger partial charge in [-0.15, -0.1) is 0 Å². The smallest absolute Gasteiger partial charge is 0.244 e. The van der Waals surface area contributed by atoms with E-state index >= 15 is 0 Å². The average molecular weight is 458 g/mol. The molecule has 0 bridgehead atoms. The van der Waals surface area contributed by atoms with Crippen LogP contribution >= 0.6 is 0 Å². The molecule has 32 heavy (non-hydrogen) atoms. The second kappa shape index (κ2) is 9.12. The third kappa shape index (κ3) is 4.67. The molecule has 0 unspecified atom stereocenters. The zero-order valence-electron chi connectivity index (χ0n) is 17.6. The van der Waals surface area contributed by atoms with Gasteiger partial charge in [-0.25, -0.2) is 12.8 Å². The third-order valence-electron chi connectivity index (χ3n) is 5.73. The summed E-state index contributed by atoms with van der Waals surface area (Å²) in [5, 5.41) is 3.71. The van der Waals surface area contributed by atoms with E-state index in [9.17, 15) is 17.6 Å². The standard InChI is InChI=1S/C23H24FN3O4S/c1-31-20-6-8-21(9-7-20)32(29,30)22-10-12-26(13-11-22)23(28)16-27-15-18(14-25-27)17-2-4-19(24)5-3-17/h2-9,14-15,22H,10-13,16H2,1H3. The van der Waals surface area contributed by atoms with E-state index in [-0.39, 0.29) is 23.2 Å². The zero-order valence-corrected chi connectivity index (χ0v) is 18.5. The molecule has 0 atom stereocenters. The van der Waals surface area contributed by atoms with Gasteiger partial charge in [0.05, 0.1) is 23.5 Å². The number of aromatic nitrogens is 2. The van der Waals surface area contributed by atoms with E-state index in [0.717, 1.165) is 11.1 Å². The van der Waals surface area contributed by atoms with Crippen LogP contribution in [0.4, 0.5) is 4.39 Å². The highest BCUT2D eigenvalue weighted by molar-refractivity contribution is 7.92. The lowest BCUT2D eigenvalue weighted by atomic mass is 10.1. The Kier molecular flexibility index (Phi) is 6.27. The Morgan fingerprint density at radius 3 is 2.34 bits per heavy atom. The molecule has 1 amide bonds. The third-order valence-corrected chi connectivity index (χ3v) is 8.01. The van der Waals surface area contributed by atoms with Crippen molar-refractivity contribution in [1.82, 2.24) is 14.7 Å². The number of carbonyl (C=O) groups is 1. The van der Waals surface area contributed by atoms with Gasteiger partial charge < -0.3 is 9.64 Å². The number of nitrogens with zero attached hydrogens (tertiary/aromatic N) is 3. The molecule has 1 aliphatic rings. The largest absolute Gasteiger partial charge is 0.497 e. The fraction of sp³-hybridized carbons (Fsp3) is 0.304. The van der Waals surface area contributed by atoms with Crippen LogP contribution in [0.2, 0.25) is 0 Å². The molecule has 1 fully saturated rings. The highest BCUT2D eigenvalue weighted by Gasteiger charge is 2.32. The molecule has 2 aromatic carbocycles. The van der Waals surface area contributed by atoms with Crippen molar-refractivity contribution in [2.45, 2.75) is 29.5 Å². The van der Waals surface area contributed by atoms with Gasteiger partial charge in [0.2, 0.25) is 5.91 Å². The van der Waals surface area contributed by atoms with E-state index in [2.05, 4.69) is 5.10 Å². The molecule has 4 rings (SSSR count). The lowest BCUT2D eigenvalue weighted by Gasteiger charge is -2.31. The molecule has 168 valence electrons. The van der Waals surface area contributed by atoms with Gasteiger partial charge in [-0.1, -0.05) is 12.1 Å². The number of piperidine rings is 1. The van der Waals surface area contributed by atoms with Crippen molar-refractivity contribution in [2.75, 3.05) is 20.2 Å². The first-order valence-corrected chi connectivity index (χ1v) is 11.9. The zero-order chi connectivity index (χ0) is 22.7. The summed E-state index contributed by atoms with van der Waals surface area (Å²) in [4.78, 5) is 14.7. The Bertz CT molecular complexity index is 1180. The number of carbonyl (C=O) groups excluding carboxylic acids is 1. The quantitative estimate of drug-likeness (QED) is 0.568. The second-order valence-electron chi connectivity index (χ2n) is 7.73. The minimum atomic E-state index is -3.46. The van der Waals surface area contributed by atoms with Crippen LogP contribution in [0.3, 0.4) is 0 Å². The van der Waals surface area contributed by atoms with Gasteiger partial charge in [-0.2, -0.15) is 5.10 Å². The van der Waals surface area contributed by atoms with E-state index in [0.29, 0.717) is 31.7 Å². The number of sulfone groups is 1. The van der Waals surface area contributed by atoms with Crippen LogP contribution in [0.25, 0.3) is 11.1 Å². The maximum atomic E-state index is 13.1. The molecular weight excluding hydrogens is 433 g/mol. The summed E-state index contributed by atoms with van der Waals surface area (Å²) in [5.41, 5.74) is 1.61. The van der Waals surface area contributed by atoms with Crippen molar-refractivity contribution in [3.05, 3.63) is 66.7 Å². The minimum Gasteiger partial charge on any atom is -0.497 e. The van der Waals surface area contributed by atoms with Gasteiger partial charge in [-0.3, -0.25) is 9.48 Å². The van der Waals surface area contributed by atoms with E-state index in [1.54, 1.807) is 58.4 Å². The Hall–Kier alpha value is -3.20. The molecular formula is C23H24FN3O4S. The van der Waals surface area contributed by atoms with E-state index in [1.807, 2.05) is 0 Å². The van der Waals surface area contributed by atoms with Crippen LogP contribution in [0.1, 0.15) is 12.8 Å². The lowest BCUT2D eigenvalue weighted by Crippen LogP contribution is -2.43. The summed E-state index contributed by atoms with van der Waals surface area (Å²) < 4.78 is 45.6. The number of likely N-dealkylation sites (tertiary alicyclic amines) is 1. The summed E-state index contributed by atoms with van der Waals surface area (Å²) in [7, 11) is -1.93. The summed E-state index contributed by atoms with van der Waals surface area (Å²) in [6, 6.07) is 12.5. The average Bonchev–Trinajstić information content (AvgIpc) is 3.28. The Morgan fingerprint density at radius 1 is 1.06 bits per heavy atom. The molecule has 1 saturated heterocycles. The summed E-state index contributed by atoms with van der Waals surface area (Å²) in [6.07, 6.45) is 4.15. The molecule has 1 aromatic heterocycles. The number of hydrogen-bond acceptors (Lipinski definition) is 5. The molecule has 7 nitrogen and oxygen atoms in total. The number of methoxy groups -OCH3 is 1. The van der Waals surface area contributed by atoms with Gasteiger partial charge in [0, 0.05) is 24.8 Å². The first-order valence-electron chi connectivity index (χ1n) is 10.3. The predicted molar refractivity (Wildman–Crippen MR) is 117 cm³/mol. The Labute approximate surface area is 186 Å². The van der Waals surface area contributed by atoms with Crippen molar-refractivity contribution in [2.24, 2.45) is 0 Å². The van der Waals surface area contributed by atoms with Crippen molar-refractivity contribution in [1.29, 1.82) is 0 Å². The predicted octanol–water partition coefficient (Wildman–Crippen LogP) is 3.16. The molecule has 2 heterocycles. The van der Waals surface area contributed by atoms with E-state index in [1.165, 1.54) is 19.2 Å². The number of benzene rings is 2. The summed E-state index contributed by atoms with van der Waals surface area (Å²) in [5.74, 6) is 0.179. The van der Waals surface area contributed by atoms with Gasteiger partial charge in [0.25, 0.3) is 0 Å². The van der Waals surface area contributed by atoms with Crippen LogP contribution in [-0.2, 0) is 21.2 Å². The Morgan fingerprint density at radius 2 is 1.72 bits per heavy atom. The fourth-order valence-corrected chi connectivity index (χ4v) is 5.59. The molecule has 9 heteroatoms. The number of ether oxygens (including phenoxy) is 1. The molecule has 0 N–H and O–H groups in total. The molecule has 0 radical (unpaired) electrons. The lowest BCUT2D eigenvalue weighted by molar-refractivity contribution is -0.132. The van der Waals surface area contributed by atoms with Crippen molar-refractivity contribution in [3.8, 4) is 16.9 Å². The number of amides is 1. The highest BCUT2D eigenvalue weighted by Crippen LogP contribution is 2.26. The number of halogens is 1. The molecule has 0 spiro atoms. The molecule has 0 saturated carbocycles. The first kappa shape index (κ1) is 22.0. The van der Waals surface area contributed by atoms with Crippen LogP contribution in [0.15, 0.2) is 65.8 Å². The monoisotopic (exact) mass is 457 g/mol. The minimum absolute atomic E-state index is 0.0666. The highest BCUT2D eigenvalue weighted by atomic mass is 32.2. The van der Waals surface area contributed by atoms with Crippen LogP contribution < -0.4 is 4.74 Å². The maximum absolute atomic E-state index is 13.1. The van der Waals surface area contributed by atoms with Gasteiger partial charge in [0.15, 0.2) is 9.84 Å². The topological polar surface area (TPSA) is 81.5 Å². The number of hydrogen-bond donors (Lipinski definition) is 0. The van der Waals surface area contributed by atoms with Crippen LogP contribution in [0, 0.1) is 5.82 Å². The summed E-state index contributed by atoms with van der Waals surface area (Å²) >= 11 is 0. The molecule has 0 aliphatic carbocycles. The molecule has 3 aromatic rings. The SMILES string of the molecule is COc1ccc(S(=O)(=O)C2CCN(C(=O)Cn3cc(-c4ccc(F)cc4)cn3)CC2)cc1. The van der Waals surface area contributed by atoms with Gasteiger partial charge >= 0.3 is 0 Å². The second-order valence-corrected chi connectivity index (χ2v) is 9.96. The first-order chi connectivity index (χ1) is 15.4. The number of rotatable bonds is 6. The van der Waals surface area contributed by atoms with Crippen LogP contribution in [-0.4, -0.2) is 54.5 Å². The summed E-state index contributed by atoms with van der Waals surface area (Å²) in [6.45, 7) is 0.826.